The molecule has 0 fully saturated rings. The first-order valence-electron chi connectivity index (χ1n) is 6.85. The van der Waals surface area contributed by atoms with Crippen molar-refractivity contribution in [2.45, 2.75) is 19.3 Å². The Hall–Kier alpha value is -2.24. The van der Waals surface area contributed by atoms with E-state index < -0.39 is 12.3 Å². The molecule has 1 aromatic rings. The van der Waals surface area contributed by atoms with Crippen LogP contribution in [-0.4, -0.2) is 38.2 Å². The SMILES string of the molecule is CO[C@H](/C=C/C=C/C(=O)c1ccccc1)[C@@H](NC(C)=O)OC. The van der Waals surface area contributed by atoms with Crippen LogP contribution in [0.4, 0.5) is 0 Å². The molecule has 0 bridgehead atoms. The van der Waals surface area contributed by atoms with Crippen molar-refractivity contribution in [3.8, 4) is 0 Å². The molecule has 0 heterocycles. The molecular weight excluding hydrogens is 282 g/mol. The van der Waals surface area contributed by atoms with Gasteiger partial charge in [0.15, 0.2) is 12.0 Å². The smallest absolute Gasteiger partial charge is 0.218 e. The predicted molar refractivity (Wildman–Crippen MR) is 84.5 cm³/mol. The first-order valence-corrected chi connectivity index (χ1v) is 6.85. The minimum Gasteiger partial charge on any atom is -0.373 e. The molecule has 2 atom stereocenters. The number of carbonyl (C=O) groups is 2. The Morgan fingerprint density at radius 1 is 1.09 bits per heavy atom. The summed E-state index contributed by atoms with van der Waals surface area (Å²) in [5.41, 5.74) is 0.628. The van der Waals surface area contributed by atoms with Gasteiger partial charge in [-0.15, -0.1) is 0 Å². The zero-order chi connectivity index (χ0) is 16.4. The Kier molecular flexibility index (Phi) is 7.81. The van der Waals surface area contributed by atoms with Crippen LogP contribution in [-0.2, 0) is 14.3 Å². The van der Waals surface area contributed by atoms with Gasteiger partial charge < -0.3 is 14.8 Å². The summed E-state index contributed by atoms with van der Waals surface area (Å²) in [5.74, 6) is -0.290. The van der Waals surface area contributed by atoms with Crippen molar-refractivity contribution in [3.63, 3.8) is 0 Å². The number of ketones is 1. The van der Waals surface area contributed by atoms with E-state index in [-0.39, 0.29) is 11.7 Å². The zero-order valence-electron chi connectivity index (χ0n) is 13.0. The normalized spacial score (nSPS) is 14.1. The van der Waals surface area contributed by atoms with Gasteiger partial charge in [0.1, 0.15) is 6.10 Å². The summed E-state index contributed by atoms with van der Waals surface area (Å²) in [6, 6.07) is 9.00. The molecule has 0 saturated carbocycles. The predicted octanol–water partition coefficient (Wildman–Crippen LogP) is 2.11. The van der Waals surface area contributed by atoms with Gasteiger partial charge in [0.25, 0.3) is 0 Å². The number of amides is 1. The largest absolute Gasteiger partial charge is 0.373 e. The minimum atomic E-state index is -0.586. The number of allylic oxidation sites excluding steroid dienone is 3. The summed E-state index contributed by atoms with van der Waals surface area (Å²) in [4.78, 5) is 22.9. The van der Waals surface area contributed by atoms with Crippen molar-refractivity contribution in [1.82, 2.24) is 5.32 Å². The van der Waals surface area contributed by atoms with Gasteiger partial charge in [-0.25, -0.2) is 0 Å². The van der Waals surface area contributed by atoms with E-state index in [1.165, 1.54) is 27.2 Å². The highest BCUT2D eigenvalue weighted by Crippen LogP contribution is 2.04. The molecule has 1 N–H and O–H groups in total. The van der Waals surface area contributed by atoms with Gasteiger partial charge in [0.05, 0.1) is 0 Å². The Balaban J connectivity index is 2.63. The third-order valence-corrected chi connectivity index (χ3v) is 2.89. The van der Waals surface area contributed by atoms with E-state index in [0.717, 1.165) is 0 Å². The van der Waals surface area contributed by atoms with Gasteiger partial charge in [0.2, 0.25) is 5.91 Å². The molecule has 22 heavy (non-hydrogen) atoms. The molecule has 0 saturated heterocycles. The molecule has 5 heteroatoms. The molecule has 1 aromatic carbocycles. The van der Waals surface area contributed by atoms with Crippen molar-refractivity contribution >= 4 is 11.7 Å². The van der Waals surface area contributed by atoms with Gasteiger partial charge >= 0.3 is 0 Å². The molecule has 0 unspecified atom stereocenters. The van der Waals surface area contributed by atoms with E-state index in [1.807, 2.05) is 18.2 Å². The average molecular weight is 303 g/mol. The summed E-state index contributed by atoms with van der Waals surface area (Å²) >= 11 is 0. The highest BCUT2D eigenvalue weighted by atomic mass is 16.5. The molecule has 1 rings (SSSR count). The molecule has 118 valence electrons. The van der Waals surface area contributed by atoms with Crippen LogP contribution in [0.15, 0.2) is 54.6 Å². The highest BCUT2D eigenvalue weighted by Gasteiger charge is 2.18. The molecule has 0 radical (unpaired) electrons. The van der Waals surface area contributed by atoms with Crippen molar-refractivity contribution in [1.29, 1.82) is 0 Å². The fourth-order valence-electron chi connectivity index (χ4n) is 1.79. The summed E-state index contributed by atoms with van der Waals surface area (Å²) < 4.78 is 10.4. The van der Waals surface area contributed by atoms with Gasteiger partial charge in [0, 0.05) is 26.7 Å². The van der Waals surface area contributed by atoms with Crippen LogP contribution in [0.5, 0.6) is 0 Å². The van der Waals surface area contributed by atoms with E-state index in [2.05, 4.69) is 5.32 Å². The molecule has 0 spiro atoms. The van der Waals surface area contributed by atoms with Crippen LogP contribution in [0.3, 0.4) is 0 Å². The van der Waals surface area contributed by atoms with E-state index >= 15 is 0 Å². The van der Waals surface area contributed by atoms with Crippen molar-refractivity contribution < 1.29 is 19.1 Å². The van der Waals surface area contributed by atoms with E-state index in [9.17, 15) is 9.59 Å². The highest BCUT2D eigenvalue weighted by molar-refractivity contribution is 6.04. The summed E-state index contributed by atoms with van der Waals surface area (Å²) in [7, 11) is 3.00. The second-order valence-electron chi connectivity index (χ2n) is 4.53. The molecule has 0 aliphatic rings. The summed E-state index contributed by atoms with van der Waals surface area (Å²) in [6.07, 6.45) is 5.45. The minimum absolute atomic E-state index is 0.0793. The molecule has 0 aliphatic heterocycles. The molecule has 0 aromatic heterocycles. The van der Waals surface area contributed by atoms with Gasteiger partial charge in [-0.05, 0) is 6.08 Å². The second kappa shape index (κ2) is 9.65. The van der Waals surface area contributed by atoms with Gasteiger partial charge in [-0.3, -0.25) is 9.59 Å². The fourth-order valence-corrected chi connectivity index (χ4v) is 1.79. The molecule has 5 nitrogen and oxygen atoms in total. The van der Waals surface area contributed by atoms with Gasteiger partial charge in [-0.2, -0.15) is 0 Å². The Morgan fingerprint density at radius 3 is 2.32 bits per heavy atom. The van der Waals surface area contributed by atoms with Crippen LogP contribution >= 0.6 is 0 Å². The van der Waals surface area contributed by atoms with Crippen LogP contribution in [0.2, 0.25) is 0 Å². The van der Waals surface area contributed by atoms with Crippen molar-refractivity contribution in [3.05, 3.63) is 60.2 Å². The maximum atomic E-state index is 11.9. The lowest BCUT2D eigenvalue weighted by atomic mass is 10.1. The lowest BCUT2D eigenvalue weighted by Gasteiger charge is -2.22. The van der Waals surface area contributed by atoms with E-state index in [0.29, 0.717) is 5.56 Å². The van der Waals surface area contributed by atoms with Gasteiger partial charge in [-0.1, -0.05) is 48.6 Å². The number of benzene rings is 1. The number of rotatable bonds is 8. The number of nitrogens with one attached hydrogen (secondary N) is 1. The Morgan fingerprint density at radius 2 is 1.77 bits per heavy atom. The third kappa shape index (κ3) is 6.03. The maximum absolute atomic E-state index is 11.9. The van der Waals surface area contributed by atoms with Crippen LogP contribution in [0, 0.1) is 0 Å². The van der Waals surface area contributed by atoms with Crippen LogP contribution in [0.1, 0.15) is 17.3 Å². The maximum Gasteiger partial charge on any atom is 0.218 e. The fraction of sp³-hybridized carbons (Fsp3) is 0.294. The number of hydrogen-bond acceptors (Lipinski definition) is 4. The Bertz CT molecular complexity index is 537. The molecule has 0 aliphatic carbocycles. The van der Waals surface area contributed by atoms with Crippen molar-refractivity contribution in [2.75, 3.05) is 14.2 Å². The van der Waals surface area contributed by atoms with Crippen LogP contribution in [0.25, 0.3) is 0 Å². The quantitative estimate of drug-likeness (QED) is 0.346. The number of methoxy groups -OCH3 is 2. The lowest BCUT2D eigenvalue weighted by molar-refractivity contribution is -0.125. The molecular formula is C17H21NO4. The zero-order valence-corrected chi connectivity index (χ0v) is 13.0. The van der Waals surface area contributed by atoms with E-state index in [1.54, 1.807) is 30.4 Å². The van der Waals surface area contributed by atoms with Crippen molar-refractivity contribution in [2.24, 2.45) is 0 Å². The first-order chi connectivity index (χ1) is 10.6. The van der Waals surface area contributed by atoms with E-state index in [4.69, 9.17) is 9.47 Å². The third-order valence-electron chi connectivity index (χ3n) is 2.89. The molecule has 1 amide bonds. The number of hydrogen-bond donors (Lipinski definition) is 1. The lowest BCUT2D eigenvalue weighted by Crippen LogP contribution is -2.43. The topological polar surface area (TPSA) is 64.6 Å². The second-order valence-corrected chi connectivity index (χ2v) is 4.53. The Labute approximate surface area is 130 Å². The average Bonchev–Trinajstić information content (AvgIpc) is 2.53. The summed E-state index contributed by atoms with van der Waals surface area (Å²) in [6.45, 7) is 1.40. The monoisotopic (exact) mass is 303 g/mol. The standard InChI is InChI=1S/C17H21NO4/c1-13(19)18-17(22-3)16(21-2)12-8-7-11-15(20)14-9-5-4-6-10-14/h4-12,16-17H,1-3H3,(H,18,19)/b11-7+,12-8+/t16-,17+/m1/s1. The first kappa shape index (κ1) is 17.8. The summed E-state index contributed by atoms with van der Waals surface area (Å²) in [5, 5.41) is 2.63. The van der Waals surface area contributed by atoms with Crippen LogP contribution < -0.4 is 5.32 Å². The number of carbonyl (C=O) groups excluding carboxylic acids is 2. The number of ether oxygens (including phenoxy) is 2.